The van der Waals surface area contributed by atoms with Gasteiger partial charge >= 0.3 is 0 Å². The zero-order valence-electron chi connectivity index (χ0n) is 19.0. The lowest BCUT2D eigenvalue weighted by atomic mass is 10.0. The third kappa shape index (κ3) is 5.95. The van der Waals surface area contributed by atoms with Crippen LogP contribution in [0, 0.1) is 5.82 Å². The van der Waals surface area contributed by atoms with Gasteiger partial charge in [0.05, 0.1) is 6.61 Å². The van der Waals surface area contributed by atoms with Crippen LogP contribution in [-0.4, -0.2) is 42.5 Å². The highest BCUT2D eigenvalue weighted by Gasteiger charge is 2.25. The summed E-state index contributed by atoms with van der Waals surface area (Å²) in [6.07, 6.45) is 1.32. The van der Waals surface area contributed by atoms with Crippen LogP contribution in [0.15, 0.2) is 65.1 Å². The van der Waals surface area contributed by atoms with E-state index in [1.807, 2.05) is 6.92 Å². The normalized spacial score (nSPS) is 14.0. The van der Waals surface area contributed by atoms with Gasteiger partial charge in [0.2, 0.25) is 0 Å². The minimum Gasteiger partial charge on any atom is -0.494 e. The molecule has 34 heavy (non-hydrogen) atoms. The van der Waals surface area contributed by atoms with Crippen molar-refractivity contribution in [1.29, 1.82) is 0 Å². The molecule has 2 amide bonds. The van der Waals surface area contributed by atoms with E-state index >= 15 is 0 Å². The van der Waals surface area contributed by atoms with Crippen LogP contribution in [0.3, 0.4) is 0 Å². The number of likely N-dealkylation sites (tertiary alicyclic amines) is 1. The molecule has 7 nitrogen and oxygen atoms in total. The molecule has 1 aliphatic rings. The maximum absolute atomic E-state index is 13.0. The van der Waals surface area contributed by atoms with Gasteiger partial charge in [-0.15, -0.1) is 0 Å². The van der Waals surface area contributed by atoms with Crippen LogP contribution in [0.25, 0.3) is 0 Å². The van der Waals surface area contributed by atoms with Crippen molar-refractivity contribution in [2.24, 2.45) is 0 Å². The summed E-state index contributed by atoms with van der Waals surface area (Å²) in [5.74, 6) is 1.28. The molecule has 2 aromatic carbocycles. The van der Waals surface area contributed by atoms with Gasteiger partial charge in [-0.3, -0.25) is 9.59 Å². The summed E-state index contributed by atoms with van der Waals surface area (Å²) in [5, 5.41) is 2.98. The topological polar surface area (TPSA) is 81.0 Å². The Morgan fingerprint density at radius 2 is 1.62 bits per heavy atom. The van der Waals surface area contributed by atoms with Gasteiger partial charge in [-0.1, -0.05) is 0 Å². The van der Waals surface area contributed by atoms with E-state index in [1.54, 1.807) is 41.3 Å². The summed E-state index contributed by atoms with van der Waals surface area (Å²) in [7, 11) is 0. The van der Waals surface area contributed by atoms with E-state index in [1.165, 1.54) is 24.3 Å². The van der Waals surface area contributed by atoms with Gasteiger partial charge in [0.15, 0.2) is 5.76 Å². The summed E-state index contributed by atoms with van der Waals surface area (Å²) in [5.41, 5.74) is 0.622. The first-order chi connectivity index (χ1) is 16.5. The van der Waals surface area contributed by atoms with E-state index in [9.17, 15) is 14.0 Å². The van der Waals surface area contributed by atoms with Crippen LogP contribution in [0.2, 0.25) is 0 Å². The fourth-order valence-electron chi connectivity index (χ4n) is 3.79. The molecular weight excluding hydrogens is 439 g/mol. The average molecular weight is 467 g/mol. The molecule has 0 bridgehead atoms. The van der Waals surface area contributed by atoms with Crippen molar-refractivity contribution >= 4 is 11.8 Å². The molecule has 0 aliphatic carbocycles. The maximum Gasteiger partial charge on any atom is 0.287 e. The standard InChI is InChI=1S/C26H27FN2O5/c1-2-32-21-7-3-18(4-8-21)26(31)29-15-13-20(14-16-29)28-25(30)24-12-11-23(34-24)17-33-22-9-5-19(27)6-10-22/h3-12,20H,2,13-17H2,1H3,(H,28,30). The number of hydrogen-bond acceptors (Lipinski definition) is 5. The average Bonchev–Trinajstić information content (AvgIpc) is 3.34. The number of rotatable bonds is 8. The largest absolute Gasteiger partial charge is 0.494 e. The minimum atomic E-state index is -0.337. The first kappa shape index (κ1) is 23.4. The van der Waals surface area contributed by atoms with Gasteiger partial charge < -0.3 is 24.1 Å². The fourth-order valence-corrected chi connectivity index (χ4v) is 3.79. The highest BCUT2D eigenvalue weighted by molar-refractivity contribution is 5.94. The number of piperidine rings is 1. The van der Waals surface area contributed by atoms with E-state index in [2.05, 4.69) is 5.32 Å². The second-order valence-corrected chi connectivity index (χ2v) is 8.01. The number of carbonyl (C=O) groups excluding carboxylic acids is 2. The molecule has 0 saturated carbocycles. The second kappa shape index (κ2) is 10.9. The van der Waals surface area contributed by atoms with Gasteiger partial charge in [-0.2, -0.15) is 0 Å². The molecule has 1 N–H and O–H groups in total. The van der Waals surface area contributed by atoms with Crippen LogP contribution in [0.4, 0.5) is 4.39 Å². The molecule has 0 atom stereocenters. The Labute approximate surface area is 197 Å². The first-order valence-corrected chi connectivity index (χ1v) is 11.3. The van der Waals surface area contributed by atoms with Gasteiger partial charge in [0.25, 0.3) is 11.8 Å². The number of nitrogens with one attached hydrogen (secondary N) is 1. The summed E-state index contributed by atoms with van der Waals surface area (Å²) >= 11 is 0. The smallest absolute Gasteiger partial charge is 0.287 e. The lowest BCUT2D eigenvalue weighted by molar-refractivity contribution is 0.0695. The quantitative estimate of drug-likeness (QED) is 0.531. The van der Waals surface area contributed by atoms with Gasteiger partial charge in [0, 0.05) is 24.7 Å². The Kier molecular flexibility index (Phi) is 7.47. The third-order valence-electron chi connectivity index (χ3n) is 5.61. The fraction of sp³-hybridized carbons (Fsp3) is 0.308. The zero-order valence-corrected chi connectivity index (χ0v) is 19.0. The van der Waals surface area contributed by atoms with Gasteiger partial charge in [0.1, 0.15) is 29.7 Å². The Morgan fingerprint density at radius 3 is 2.29 bits per heavy atom. The molecule has 1 saturated heterocycles. The Balaban J connectivity index is 1.23. The molecule has 4 rings (SSSR count). The molecule has 0 unspecified atom stereocenters. The van der Waals surface area contributed by atoms with Crippen molar-refractivity contribution in [3.63, 3.8) is 0 Å². The third-order valence-corrected chi connectivity index (χ3v) is 5.61. The van der Waals surface area contributed by atoms with Crippen LogP contribution in [-0.2, 0) is 6.61 Å². The zero-order chi connectivity index (χ0) is 23.9. The molecule has 2 heterocycles. The molecule has 1 aliphatic heterocycles. The summed E-state index contributed by atoms with van der Waals surface area (Å²) < 4.78 is 29.5. The predicted molar refractivity (Wildman–Crippen MR) is 123 cm³/mol. The molecule has 0 spiro atoms. The van der Waals surface area contributed by atoms with Crippen molar-refractivity contribution in [1.82, 2.24) is 10.2 Å². The molecule has 8 heteroatoms. The van der Waals surface area contributed by atoms with E-state index in [0.717, 1.165) is 5.75 Å². The molecular formula is C26H27FN2O5. The first-order valence-electron chi connectivity index (χ1n) is 11.3. The Hall–Kier alpha value is -3.81. The van der Waals surface area contributed by atoms with E-state index in [4.69, 9.17) is 13.9 Å². The maximum atomic E-state index is 13.0. The highest BCUT2D eigenvalue weighted by Crippen LogP contribution is 2.19. The van der Waals surface area contributed by atoms with Gasteiger partial charge in [-0.05, 0) is 80.4 Å². The van der Waals surface area contributed by atoms with Crippen LogP contribution < -0.4 is 14.8 Å². The number of hydrogen-bond donors (Lipinski definition) is 1. The van der Waals surface area contributed by atoms with E-state index in [0.29, 0.717) is 49.6 Å². The number of furan rings is 1. The van der Waals surface area contributed by atoms with Crippen molar-refractivity contribution < 1.29 is 27.9 Å². The molecule has 178 valence electrons. The van der Waals surface area contributed by atoms with Gasteiger partial charge in [-0.25, -0.2) is 4.39 Å². The summed E-state index contributed by atoms with van der Waals surface area (Å²) in [6.45, 7) is 3.75. The Morgan fingerprint density at radius 1 is 0.971 bits per heavy atom. The molecule has 1 aromatic heterocycles. The number of benzene rings is 2. The lowest BCUT2D eigenvalue weighted by Gasteiger charge is -2.32. The minimum absolute atomic E-state index is 0.0235. The molecule has 1 fully saturated rings. The van der Waals surface area contributed by atoms with E-state index < -0.39 is 0 Å². The number of carbonyl (C=O) groups is 2. The van der Waals surface area contributed by atoms with E-state index in [-0.39, 0.29) is 36.0 Å². The van der Waals surface area contributed by atoms with Crippen molar-refractivity contribution in [2.75, 3.05) is 19.7 Å². The van der Waals surface area contributed by atoms with Crippen LogP contribution in [0.5, 0.6) is 11.5 Å². The monoisotopic (exact) mass is 466 g/mol. The SMILES string of the molecule is CCOc1ccc(C(=O)N2CCC(NC(=O)c3ccc(COc4ccc(F)cc4)o3)CC2)cc1. The number of halogens is 1. The van der Waals surface area contributed by atoms with Crippen LogP contribution in [0.1, 0.15) is 46.4 Å². The molecule has 0 radical (unpaired) electrons. The Bertz CT molecular complexity index is 1100. The summed E-state index contributed by atoms with van der Waals surface area (Å²) in [4.78, 5) is 27.1. The highest BCUT2D eigenvalue weighted by atomic mass is 19.1. The summed E-state index contributed by atoms with van der Waals surface area (Å²) in [6, 6.07) is 16.1. The van der Waals surface area contributed by atoms with Crippen molar-refractivity contribution in [2.45, 2.75) is 32.4 Å². The predicted octanol–water partition coefficient (Wildman–Crippen LogP) is 4.43. The number of ether oxygens (including phenoxy) is 2. The van der Waals surface area contributed by atoms with Crippen molar-refractivity contribution in [3.8, 4) is 11.5 Å². The number of amides is 2. The number of nitrogens with zero attached hydrogens (tertiary/aromatic N) is 1. The second-order valence-electron chi connectivity index (χ2n) is 8.01. The van der Waals surface area contributed by atoms with Crippen LogP contribution >= 0.6 is 0 Å². The van der Waals surface area contributed by atoms with Crippen molar-refractivity contribution in [3.05, 3.63) is 83.6 Å². The molecule has 3 aromatic rings. The lowest BCUT2D eigenvalue weighted by Crippen LogP contribution is -2.46.